The van der Waals surface area contributed by atoms with Crippen LogP contribution in [0.2, 0.25) is 0 Å². The van der Waals surface area contributed by atoms with Gasteiger partial charge in [0, 0.05) is 6.20 Å². The molecular formula is C20H21BrF3N5O. The van der Waals surface area contributed by atoms with Gasteiger partial charge in [-0.25, -0.2) is 0 Å². The van der Waals surface area contributed by atoms with Crippen LogP contribution in [0.1, 0.15) is 29.4 Å². The lowest BCUT2D eigenvalue weighted by atomic mass is 10.1. The lowest BCUT2D eigenvalue weighted by Crippen LogP contribution is -2.25. The first-order valence-electron chi connectivity index (χ1n) is 9.23. The Morgan fingerprint density at radius 1 is 1.30 bits per heavy atom. The summed E-state index contributed by atoms with van der Waals surface area (Å²) in [5.74, 6) is -0.533. The van der Waals surface area contributed by atoms with Gasteiger partial charge in [0.2, 0.25) is 5.91 Å². The molecule has 1 unspecified atom stereocenters. The Bertz CT molecular complexity index is 1060. The molecule has 30 heavy (non-hydrogen) atoms. The van der Waals surface area contributed by atoms with E-state index in [-0.39, 0.29) is 18.4 Å². The third kappa shape index (κ3) is 5.10. The van der Waals surface area contributed by atoms with Crippen LogP contribution in [0.5, 0.6) is 0 Å². The highest BCUT2D eigenvalue weighted by atomic mass is 79.9. The van der Waals surface area contributed by atoms with E-state index in [9.17, 15) is 18.0 Å². The summed E-state index contributed by atoms with van der Waals surface area (Å²) in [6, 6.07) is 5.14. The summed E-state index contributed by atoms with van der Waals surface area (Å²) in [5.41, 5.74) is 1.62. The van der Waals surface area contributed by atoms with Crippen LogP contribution in [0.25, 0.3) is 0 Å². The summed E-state index contributed by atoms with van der Waals surface area (Å²) in [7, 11) is 0. The quantitative estimate of drug-likeness (QED) is 0.547. The van der Waals surface area contributed by atoms with Gasteiger partial charge in [0.05, 0.1) is 52.3 Å². The van der Waals surface area contributed by atoms with Gasteiger partial charge in [0.1, 0.15) is 0 Å². The Labute approximate surface area is 180 Å². The lowest BCUT2D eigenvalue weighted by Gasteiger charge is -2.13. The average molecular weight is 484 g/mol. The van der Waals surface area contributed by atoms with Crippen LogP contribution in [0, 0.1) is 19.8 Å². The van der Waals surface area contributed by atoms with Gasteiger partial charge in [-0.15, -0.1) is 0 Å². The van der Waals surface area contributed by atoms with Gasteiger partial charge >= 0.3 is 6.18 Å². The van der Waals surface area contributed by atoms with Gasteiger partial charge < -0.3 is 5.32 Å². The largest absolute Gasteiger partial charge is 0.416 e. The predicted molar refractivity (Wildman–Crippen MR) is 110 cm³/mol. The number of rotatable bonds is 6. The van der Waals surface area contributed by atoms with Crippen LogP contribution in [-0.4, -0.2) is 25.5 Å². The molecule has 0 fully saturated rings. The first kappa shape index (κ1) is 22.1. The number of carbonyl (C=O) groups is 1. The van der Waals surface area contributed by atoms with E-state index in [1.165, 1.54) is 6.07 Å². The van der Waals surface area contributed by atoms with Crippen molar-refractivity contribution in [1.82, 2.24) is 19.6 Å². The van der Waals surface area contributed by atoms with Crippen molar-refractivity contribution in [2.24, 2.45) is 5.92 Å². The number of amides is 1. The molecule has 1 N–H and O–H groups in total. The maximum Gasteiger partial charge on any atom is 0.416 e. The van der Waals surface area contributed by atoms with Crippen molar-refractivity contribution < 1.29 is 18.0 Å². The summed E-state index contributed by atoms with van der Waals surface area (Å²) in [6.45, 7) is 5.90. The van der Waals surface area contributed by atoms with Crippen LogP contribution in [0.4, 0.5) is 18.9 Å². The number of aryl methyl sites for hydroxylation is 1. The smallest absolute Gasteiger partial charge is 0.323 e. The zero-order valence-corrected chi connectivity index (χ0v) is 18.3. The number of nitrogens with zero attached hydrogens (tertiary/aromatic N) is 4. The fraction of sp³-hybridized carbons (Fsp3) is 0.350. The van der Waals surface area contributed by atoms with E-state index in [1.807, 2.05) is 0 Å². The SMILES string of the molecule is Cc1nn(Cc2cccc(C(F)(F)F)c2)c(C)c1NC(=O)C(C)Cn1cc(Br)cn1. The standard InChI is InChI=1S/C20H21BrF3N5O/c1-12(9-28-11-17(21)8-25-28)19(30)26-18-13(2)27-29(14(18)3)10-15-5-4-6-16(7-15)20(22,23)24/h4-8,11-12H,9-10H2,1-3H3,(H,26,30). The molecule has 0 bridgehead atoms. The van der Waals surface area contributed by atoms with E-state index >= 15 is 0 Å². The first-order valence-corrected chi connectivity index (χ1v) is 10.0. The lowest BCUT2D eigenvalue weighted by molar-refractivity contribution is -0.137. The molecule has 160 valence electrons. The number of alkyl halides is 3. The van der Waals surface area contributed by atoms with Gasteiger partial charge in [-0.3, -0.25) is 14.2 Å². The number of anilines is 1. The zero-order valence-electron chi connectivity index (χ0n) is 16.7. The van der Waals surface area contributed by atoms with E-state index in [0.717, 1.165) is 16.6 Å². The number of benzene rings is 1. The molecule has 0 aliphatic heterocycles. The van der Waals surface area contributed by atoms with Crippen molar-refractivity contribution >= 4 is 27.5 Å². The number of nitrogens with one attached hydrogen (secondary N) is 1. The fourth-order valence-electron chi connectivity index (χ4n) is 3.10. The molecule has 1 atom stereocenters. The minimum Gasteiger partial charge on any atom is -0.323 e. The summed E-state index contributed by atoms with van der Waals surface area (Å²) in [6.07, 6.45) is -0.964. The average Bonchev–Trinajstić information content (AvgIpc) is 3.19. The second-order valence-electron chi connectivity index (χ2n) is 7.17. The Morgan fingerprint density at radius 3 is 2.67 bits per heavy atom. The number of carbonyl (C=O) groups excluding carboxylic acids is 1. The number of aromatic nitrogens is 4. The van der Waals surface area contributed by atoms with Crippen LogP contribution in [0.15, 0.2) is 41.1 Å². The normalized spacial score (nSPS) is 12.8. The van der Waals surface area contributed by atoms with Gasteiger partial charge in [0.25, 0.3) is 0 Å². The molecule has 0 aliphatic carbocycles. The summed E-state index contributed by atoms with van der Waals surface area (Å²) in [5, 5.41) is 11.4. The molecule has 2 heterocycles. The molecule has 1 aromatic carbocycles. The highest BCUT2D eigenvalue weighted by Crippen LogP contribution is 2.30. The summed E-state index contributed by atoms with van der Waals surface area (Å²) in [4.78, 5) is 12.6. The van der Waals surface area contributed by atoms with E-state index in [0.29, 0.717) is 29.2 Å². The molecule has 0 radical (unpaired) electrons. The second-order valence-corrected chi connectivity index (χ2v) is 8.09. The molecular weight excluding hydrogens is 463 g/mol. The highest BCUT2D eigenvalue weighted by Gasteiger charge is 2.30. The highest BCUT2D eigenvalue weighted by molar-refractivity contribution is 9.10. The maximum atomic E-state index is 13.0. The molecule has 0 aliphatic rings. The summed E-state index contributed by atoms with van der Waals surface area (Å²) < 4.78 is 43.0. The predicted octanol–water partition coefficient (Wildman–Crippen LogP) is 4.80. The van der Waals surface area contributed by atoms with E-state index in [1.54, 1.807) is 48.6 Å². The molecule has 10 heteroatoms. The molecule has 2 aromatic heterocycles. The molecule has 0 spiro atoms. The topological polar surface area (TPSA) is 64.7 Å². The minimum atomic E-state index is -4.40. The van der Waals surface area contributed by atoms with E-state index < -0.39 is 11.7 Å². The van der Waals surface area contributed by atoms with Gasteiger partial charge in [-0.2, -0.15) is 23.4 Å². The van der Waals surface area contributed by atoms with Crippen LogP contribution < -0.4 is 5.32 Å². The zero-order chi connectivity index (χ0) is 22.1. The van der Waals surface area contributed by atoms with Crippen molar-refractivity contribution in [2.75, 3.05) is 5.32 Å². The Kier molecular flexibility index (Phi) is 6.35. The Balaban J connectivity index is 1.73. The molecule has 3 aromatic rings. The van der Waals surface area contributed by atoms with Crippen molar-refractivity contribution in [3.05, 3.63) is 63.6 Å². The Morgan fingerprint density at radius 2 is 2.03 bits per heavy atom. The van der Waals surface area contributed by atoms with Gasteiger partial charge in [-0.05, 0) is 47.5 Å². The second kappa shape index (κ2) is 8.63. The van der Waals surface area contributed by atoms with Crippen LogP contribution in [-0.2, 0) is 24.1 Å². The van der Waals surface area contributed by atoms with Crippen LogP contribution in [0.3, 0.4) is 0 Å². The molecule has 1 amide bonds. The third-order valence-electron chi connectivity index (χ3n) is 4.73. The van der Waals surface area contributed by atoms with Crippen molar-refractivity contribution in [1.29, 1.82) is 0 Å². The number of hydrogen-bond acceptors (Lipinski definition) is 3. The third-order valence-corrected chi connectivity index (χ3v) is 5.14. The molecule has 0 saturated carbocycles. The van der Waals surface area contributed by atoms with Crippen molar-refractivity contribution in [3.63, 3.8) is 0 Å². The van der Waals surface area contributed by atoms with Crippen molar-refractivity contribution in [3.8, 4) is 0 Å². The molecule has 6 nitrogen and oxygen atoms in total. The fourth-order valence-corrected chi connectivity index (χ4v) is 3.43. The summed E-state index contributed by atoms with van der Waals surface area (Å²) >= 11 is 3.32. The maximum absolute atomic E-state index is 13.0. The first-order chi connectivity index (χ1) is 14.0. The number of hydrogen-bond donors (Lipinski definition) is 1. The molecule has 0 saturated heterocycles. The van der Waals surface area contributed by atoms with Crippen molar-refractivity contribution in [2.45, 2.75) is 40.0 Å². The van der Waals surface area contributed by atoms with E-state index in [4.69, 9.17) is 0 Å². The Hall–Kier alpha value is -2.62. The number of halogens is 4. The van der Waals surface area contributed by atoms with Gasteiger partial charge in [-0.1, -0.05) is 19.1 Å². The van der Waals surface area contributed by atoms with Crippen LogP contribution >= 0.6 is 15.9 Å². The van der Waals surface area contributed by atoms with E-state index in [2.05, 4.69) is 31.4 Å². The molecule has 3 rings (SSSR count). The van der Waals surface area contributed by atoms with Gasteiger partial charge in [0.15, 0.2) is 0 Å². The minimum absolute atomic E-state index is 0.170. The monoisotopic (exact) mass is 483 g/mol.